The summed E-state index contributed by atoms with van der Waals surface area (Å²) in [7, 11) is 0. The summed E-state index contributed by atoms with van der Waals surface area (Å²) in [5.41, 5.74) is 6.63. The molecule has 19 heavy (non-hydrogen) atoms. The van der Waals surface area contributed by atoms with Gasteiger partial charge in [-0.3, -0.25) is 4.90 Å². The fourth-order valence-corrected chi connectivity index (χ4v) is 3.66. The Morgan fingerprint density at radius 3 is 2.68 bits per heavy atom. The lowest BCUT2D eigenvalue weighted by atomic mass is 9.87. The molecule has 2 saturated heterocycles. The Kier molecular flexibility index (Phi) is 5.27. The van der Waals surface area contributed by atoms with Crippen molar-refractivity contribution in [1.29, 1.82) is 0 Å². The monoisotopic (exact) mass is 267 g/mol. The number of nitrogens with two attached hydrogens (primary N) is 1. The van der Waals surface area contributed by atoms with E-state index in [1.165, 1.54) is 52.0 Å². The number of piperazine rings is 1. The van der Waals surface area contributed by atoms with Gasteiger partial charge in [0.15, 0.2) is 0 Å². The fourth-order valence-electron chi connectivity index (χ4n) is 3.66. The molecule has 0 bridgehead atoms. The number of piperidine rings is 1. The number of hydrogen-bond acceptors (Lipinski definition) is 3. The minimum Gasteiger partial charge on any atom is -0.328 e. The van der Waals surface area contributed by atoms with E-state index in [1.807, 2.05) is 0 Å². The predicted octanol–water partition coefficient (Wildman–Crippen LogP) is 2.31. The Balaban J connectivity index is 1.69. The molecule has 0 aromatic carbocycles. The van der Waals surface area contributed by atoms with Crippen LogP contribution >= 0.6 is 0 Å². The highest BCUT2D eigenvalue weighted by Gasteiger charge is 2.28. The van der Waals surface area contributed by atoms with Crippen LogP contribution in [0, 0.1) is 5.41 Å². The minimum atomic E-state index is 0.363. The number of nitrogens with zero attached hydrogens (tertiary/aromatic N) is 2. The zero-order valence-corrected chi connectivity index (χ0v) is 13.2. The van der Waals surface area contributed by atoms with Crippen LogP contribution < -0.4 is 5.73 Å². The molecule has 0 spiro atoms. The van der Waals surface area contributed by atoms with E-state index >= 15 is 0 Å². The standard InChI is InChI=1S/C16H33N3/c1-16(2,3)12-14(17)7-9-18-10-11-19-8-5-4-6-15(19)13-18/h14-15H,4-13,17H2,1-3H3. The van der Waals surface area contributed by atoms with Gasteiger partial charge in [0.25, 0.3) is 0 Å². The van der Waals surface area contributed by atoms with Crippen molar-refractivity contribution in [2.75, 3.05) is 32.7 Å². The van der Waals surface area contributed by atoms with Gasteiger partial charge in [-0.1, -0.05) is 27.2 Å². The highest BCUT2D eigenvalue weighted by Crippen LogP contribution is 2.23. The first kappa shape index (κ1) is 15.3. The van der Waals surface area contributed by atoms with E-state index in [4.69, 9.17) is 5.73 Å². The molecule has 3 heteroatoms. The van der Waals surface area contributed by atoms with Gasteiger partial charge in [-0.15, -0.1) is 0 Å². The molecule has 112 valence electrons. The van der Waals surface area contributed by atoms with E-state index in [0.717, 1.165) is 18.9 Å². The average Bonchev–Trinajstić information content (AvgIpc) is 2.34. The van der Waals surface area contributed by atoms with Gasteiger partial charge in [0.05, 0.1) is 0 Å². The van der Waals surface area contributed by atoms with Gasteiger partial charge in [-0.05, 0) is 44.2 Å². The van der Waals surface area contributed by atoms with E-state index in [-0.39, 0.29) is 0 Å². The van der Waals surface area contributed by atoms with Crippen LogP contribution in [0.2, 0.25) is 0 Å². The van der Waals surface area contributed by atoms with Crippen LogP contribution in [0.5, 0.6) is 0 Å². The molecule has 0 radical (unpaired) electrons. The first-order valence-corrected chi connectivity index (χ1v) is 8.16. The topological polar surface area (TPSA) is 32.5 Å². The maximum absolute atomic E-state index is 6.27. The van der Waals surface area contributed by atoms with E-state index in [2.05, 4.69) is 30.6 Å². The molecule has 2 aliphatic heterocycles. The molecule has 2 fully saturated rings. The molecule has 2 unspecified atom stereocenters. The van der Waals surface area contributed by atoms with Crippen LogP contribution in [0.4, 0.5) is 0 Å². The summed E-state index contributed by atoms with van der Waals surface area (Å²) in [5.74, 6) is 0. The lowest BCUT2D eigenvalue weighted by Crippen LogP contribution is -2.55. The quantitative estimate of drug-likeness (QED) is 0.848. The predicted molar refractivity (Wildman–Crippen MR) is 82.3 cm³/mol. The van der Waals surface area contributed by atoms with Crippen molar-refractivity contribution in [1.82, 2.24) is 9.80 Å². The van der Waals surface area contributed by atoms with Gasteiger partial charge in [0.1, 0.15) is 0 Å². The Labute approximate surface area is 119 Å². The molecule has 2 atom stereocenters. The third kappa shape index (κ3) is 5.05. The molecule has 2 rings (SSSR count). The van der Waals surface area contributed by atoms with Gasteiger partial charge < -0.3 is 10.6 Å². The van der Waals surface area contributed by atoms with Crippen molar-refractivity contribution >= 4 is 0 Å². The van der Waals surface area contributed by atoms with Crippen molar-refractivity contribution in [3.05, 3.63) is 0 Å². The van der Waals surface area contributed by atoms with Crippen molar-refractivity contribution in [2.45, 2.75) is 65.0 Å². The molecule has 2 N–H and O–H groups in total. The molecule has 2 heterocycles. The summed E-state index contributed by atoms with van der Waals surface area (Å²) in [6, 6.07) is 1.20. The first-order valence-electron chi connectivity index (χ1n) is 8.16. The van der Waals surface area contributed by atoms with Crippen molar-refractivity contribution in [3.8, 4) is 0 Å². The largest absolute Gasteiger partial charge is 0.328 e. The SMILES string of the molecule is CC(C)(C)CC(N)CCN1CCN2CCCCC2C1. The van der Waals surface area contributed by atoms with Crippen LogP contribution in [0.3, 0.4) is 0 Å². The zero-order chi connectivity index (χ0) is 13.9. The van der Waals surface area contributed by atoms with Gasteiger partial charge in [0.2, 0.25) is 0 Å². The summed E-state index contributed by atoms with van der Waals surface area (Å²) in [6.45, 7) is 13.2. The molecule has 0 amide bonds. The van der Waals surface area contributed by atoms with Crippen molar-refractivity contribution < 1.29 is 0 Å². The summed E-state index contributed by atoms with van der Waals surface area (Å²) in [6.07, 6.45) is 6.54. The van der Waals surface area contributed by atoms with Crippen LogP contribution in [-0.2, 0) is 0 Å². The average molecular weight is 267 g/mol. The maximum atomic E-state index is 6.27. The normalized spacial score (nSPS) is 28.1. The van der Waals surface area contributed by atoms with Gasteiger partial charge >= 0.3 is 0 Å². The van der Waals surface area contributed by atoms with Gasteiger partial charge in [-0.25, -0.2) is 0 Å². The molecule has 3 nitrogen and oxygen atoms in total. The highest BCUT2D eigenvalue weighted by atomic mass is 15.3. The summed E-state index contributed by atoms with van der Waals surface area (Å²) >= 11 is 0. The first-order chi connectivity index (χ1) is 8.94. The Morgan fingerprint density at radius 2 is 1.95 bits per heavy atom. The Hall–Kier alpha value is -0.120. The van der Waals surface area contributed by atoms with Crippen molar-refractivity contribution in [3.63, 3.8) is 0 Å². The van der Waals surface area contributed by atoms with E-state index < -0.39 is 0 Å². The minimum absolute atomic E-state index is 0.363. The summed E-state index contributed by atoms with van der Waals surface area (Å²) in [4.78, 5) is 5.35. The second kappa shape index (κ2) is 6.55. The second-order valence-electron chi connectivity index (χ2n) is 7.80. The molecular formula is C16H33N3. The second-order valence-corrected chi connectivity index (χ2v) is 7.80. The summed E-state index contributed by atoms with van der Waals surface area (Å²) < 4.78 is 0. The zero-order valence-electron chi connectivity index (χ0n) is 13.2. The van der Waals surface area contributed by atoms with Crippen LogP contribution in [0.15, 0.2) is 0 Å². The molecule has 2 aliphatic rings. The van der Waals surface area contributed by atoms with E-state index in [1.54, 1.807) is 0 Å². The number of fused-ring (bicyclic) bond motifs is 1. The van der Waals surface area contributed by atoms with Crippen LogP contribution in [0.25, 0.3) is 0 Å². The van der Waals surface area contributed by atoms with E-state index in [0.29, 0.717) is 11.5 Å². The van der Waals surface area contributed by atoms with Crippen LogP contribution in [0.1, 0.15) is 52.9 Å². The van der Waals surface area contributed by atoms with Gasteiger partial charge in [-0.2, -0.15) is 0 Å². The Bertz CT molecular complexity index is 272. The smallest absolute Gasteiger partial charge is 0.0223 e. The summed E-state index contributed by atoms with van der Waals surface area (Å²) in [5, 5.41) is 0. The van der Waals surface area contributed by atoms with Crippen LogP contribution in [-0.4, -0.2) is 54.6 Å². The third-order valence-electron chi connectivity index (χ3n) is 4.61. The molecule has 0 aromatic heterocycles. The molecule has 0 aliphatic carbocycles. The van der Waals surface area contributed by atoms with E-state index in [9.17, 15) is 0 Å². The maximum Gasteiger partial charge on any atom is 0.0223 e. The fraction of sp³-hybridized carbons (Fsp3) is 1.00. The number of rotatable bonds is 4. The Morgan fingerprint density at radius 1 is 1.16 bits per heavy atom. The number of hydrogen-bond donors (Lipinski definition) is 1. The molecular weight excluding hydrogens is 234 g/mol. The third-order valence-corrected chi connectivity index (χ3v) is 4.61. The lowest BCUT2D eigenvalue weighted by molar-refractivity contribution is 0.0475. The van der Waals surface area contributed by atoms with Crippen molar-refractivity contribution in [2.24, 2.45) is 11.1 Å². The highest BCUT2D eigenvalue weighted by molar-refractivity contribution is 4.85. The van der Waals surface area contributed by atoms with Gasteiger partial charge in [0, 0.05) is 31.7 Å². The molecule has 0 saturated carbocycles. The molecule has 0 aromatic rings. The lowest BCUT2D eigenvalue weighted by Gasteiger charge is -2.44.